The largest absolute Gasteiger partial charge is 0.495 e. The highest BCUT2D eigenvalue weighted by molar-refractivity contribution is 7.89. The summed E-state index contributed by atoms with van der Waals surface area (Å²) in [6, 6.07) is 12.1. The molecule has 10 heteroatoms. The zero-order valence-electron chi connectivity index (χ0n) is 20.5. The van der Waals surface area contributed by atoms with E-state index in [1.807, 2.05) is 30.9 Å². The summed E-state index contributed by atoms with van der Waals surface area (Å²) in [6.45, 7) is 6.25. The molecule has 0 N–H and O–H groups in total. The van der Waals surface area contributed by atoms with Crippen molar-refractivity contribution in [2.75, 3.05) is 33.3 Å². The monoisotopic (exact) mass is 532 g/mol. The number of hydrogen-bond donors (Lipinski definition) is 0. The summed E-state index contributed by atoms with van der Waals surface area (Å²) >= 11 is 6.03. The van der Waals surface area contributed by atoms with Crippen molar-refractivity contribution in [2.45, 2.75) is 31.9 Å². The fourth-order valence-corrected chi connectivity index (χ4v) is 6.12. The molecule has 1 aliphatic rings. The highest BCUT2D eigenvalue weighted by atomic mass is 35.5. The number of nitrogens with zero attached hydrogens (tertiary/aromatic N) is 2. The number of aryl methyl sites for hydroxylation is 2. The Hall–Kier alpha value is -2.85. The van der Waals surface area contributed by atoms with Crippen LogP contribution in [0, 0.1) is 13.8 Å². The minimum atomic E-state index is -3.76. The van der Waals surface area contributed by atoms with Crippen LogP contribution < -0.4 is 14.9 Å². The summed E-state index contributed by atoms with van der Waals surface area (Å²) in [4.78, 5) is 14.6. The molecule has 0 saturated carbocycles. The Labute approximate surface area is 216 Å². The van der Waals surface area contributed by atoms with E-state index in [2.05, 4.69) is 6.07 Å². The maximum Gasteiger partial charge on any atom is 0.246 e. The van der Waals surface area contributed by atoms with Gasteiger partial charge in [0.15, 0.2) is 0 Å². The average molecular weight is 533 g/mol. The third kappa shape index (κ3) is 6.10. The van der Waals surface area contributed by atoms with Crippen LogP contribution >= 0.6 is 11.6 Å². The lowest BCUT2D eigenvalue weighted by Crippen LogP contribution is -2.48. The molecular weight excluding hydrogens is 504 g/mol. The van der Waals surface area contributed by atoms with Gasteiger partial charge in [-0.25, -0.2) is 8.42 Å². The SMILES string of the molecule is COc1ccc(Cl)cc1S(=O)(=O)N1CCN(Cc2cc(=O)c(OCc3cc(C)cc(C)c3)co2)CC1. The van der Waals surface area contributed by atoms with Crippen LogP contribution in [0.25, 0.3) is 0 Å². The van der Waals surface area contributed by atoms with E-state index in [1.54, 1.807) is 12.1 Å². The average Bonchev–Trinajstić information content (AvgIpc) is 2.83. The van der Waals surface area contributed by atoms with Crippen molar-refractivity contribution in [3.63, 3.8) is 0 Å². The Morgan fingerprint density at radius 3 is 2.31 bits per heavy atom. The highest BCUT2D eigenvalue weighted by Gasteiger charge is 2.31. The second kappa shape index (κ2) is 11.0. The van der Waals surface area contributed by atoms with E-state index < -0.39 is 10.0 Å². The Bertz CT molecular complexity index is 1380. The predicted molar refractivity (Wildman–Crippen MR) is 137 cm³/mol. The molecule has 2 aromatic carbocycles. The first-order valence-electron chi connectivity index (χ1n) is 11.5. The normalized spacial score (nSPS) is 15.1. The van der Waals surface area contributed by atoms with Gasteiger partial charge >= 0.3 is 0 Å². The van der Waals surface area contributed by atoms with E-state index in [1.165, 1.54) is 29.8 Å². The topological polar surface area (TPSA) is 89.3 Å². The Morgan fingerprint density at radius 1 is 0.972 bits per heavy atom. The van der Waals surface area contributed by atoms with Crippen LogP contribution in [0.5, 0.6) is 11.5 Å². The van der Waals surface area contributed by atoms with E-state index in [0.717, 1.165) is 16.7 Å². The lowest BCUT2D eigenvalue weighted by atomic mass is 10.1. The number of rotatable bonds is 8. The van der Waals surface area contributed by atoms with E-state index in [4.69, 9.17) is 25.5 Å². The van der Waals surface area contributed by atoms with Gasteiger partial charge < -0.3 is 13.9 Å². The number of hydrogen-bond acceptors (Lipinski definition) is 7. The van der Waals surface area contributed by atoms with E-state index in [-0.39, 0.29) is 28.4 Å². The van der Waals surface area contributed by atoms with Gasteiger partial charge in [0.05, 0.1) is 13.7 Å². The van der Waals surface area contributed by atoms with Gasteiger partial charge in [0, 0.05) is 37.3 Å². The zero-order chi connectivity index (χ0) is 25.9. The summed E-state index contributed by atoms with van der Waals surface area (Å²) in [6.07, 6.45) is 1.34. The number of ether oxygens (including phenoxy) is 2. The number of methoxy groups -OCH3 is 1. The maximum atomic E-state index is 13.2. The van der Waals surface area contributed by atoms with Crippen molar-refractivity contribution in [3.8, 4) is 11.5 Å². The molecule has 36 heavy (non-hydrogen) atoms. The molecular formula is C26H29ClN2O6S. The summed E-state index contributed by atoms with van der Waals surface area (Å²) in [5.41, 5.74) is 3.00. The molecule has 3 aromatic rings. The summed E-state index contributed by atoms with van der Waals surface area (Å²) in [7, 11) is -2.34. The van der Waals surface area contributed by atoms with Crippen LogP contribution in [0.4, 0.5) is 0 Å². The van der Waals surface area contributed by atoms with E-state index >= 15 is 0 Å². The van der Waals surface area contributed by atoms with Crippen LogP contribution in [-0.2, 0) is 23.2 Å². The fourth-order valence-electron chi connectivity index (χ4n) is 4.28. The number of halogens is 1. The molecule has 1 fully saturated rings. The van der Waals surface area contributed by atoms with Gasteiger partial charge in [-0.1, -0.05) is 40.9 Å². The van der Waals surface area contributed by atoms with Crippen LogP contribution in [0.15, 0.2) is 62.8 Å². The molecule has 192 valence electrons. The molecule has 1 aromatic heterocycles. The minimum absolute atomic E-state index is 0.0494. The van der Waals surface area contributed by atoms with Crippen molar-refractivity contribution in [1.29, 1.82) is 0 Å². The fraction of sp³-hybridized carbons (Fsp3) is 0.346. The molecule has 4 rings (SSSR count). The Morgan fingerprint density at radius 2 is 1.67 bits per heavy atom. The van der Waals surface area contributed by atoms with E-state index in [9.17, 15) is 13.2 Å². The maximum absolute atomic E-state index is 13.2. The second-order valence-corrected chi connectivity index (χ2v) is 11.2. The molecule has 0 amide bonds. The third-order valence-electron chi connectivity index (χ3n) is 5.98. The van der Waals surface area contributed by atoms with Gasteiger partial charge in [-0.05, 0) is 37.6 Å². The molecule has 1 saturated heterocycles. The number of benzene rings is 2. The molecule has 0 bridgehead atoms. The summed E-state index contributed by atoms with van der Waals surface area (Å²) in [5, 5.41) is 0.324. The molecule has 0 spiro atoms. The molecule has 8 nitrogen and oxygen atoms in total. The van der Waals surface area contributed by atoms with Crippen molar-refractivity contribution in [1.82, 2.24) is 9.21 Å². The lowest BCUT2D eigenvalue weighted by Gasteiger charge is -2.33. The summed E-state index contributed by atoms with van der Waals surface area (Å²) in [5.74, 6) is 0.902. The highest BCUT2D eigenvalue weighted by Crippen LogP contribution is 2.30. The first kappa shape index (κ1) is 26.2. The Kier molecular flexibility index (Phi) is 8.04. The van der Waals surface area contributed by atoms with Crippen LogP contribution in [0.2, 0.25) is 5.02 Å². The van der Waals surface area contributed by atoms with Gasteiger partial charge in [0.25, 0.3) is 0 Å². The Balaban J connectivity index is 1.35. The lowest BCUT2D eigenvalue weighted by molar-refractivity contribution is 0.168. The molecule has 2 heterocycles. The first-order chi connectivity index (χ1) is 17.2. The van der Waals surface area contributed by atoms with Crippen LogP contribution in [0.3, 0.4) is 0 Å². The third-order valence-corrected chi connectivity index (χ3v) is 8.14. The van der Waals surface area contributed by atoms with Gasteiger partial charge in [-0.2, -0.15) is 4.31 Å². The number of sulfonamides is 1. The van der Waals surface area contributed by atoms with Crippen molar-refractivity contribution in [3.05, 3.63) is 86.4 Å². The molecule has 1 aliphatic heterocycles. The van der Waals surface area contributed by atoms with Gasteiger partial charge in [0.1, 0.15) is 29.3 Å². The van der Waals surface area contributed by atoms with Gasteiger partial charge in [0.2, 0.25) is 21.2 Å². The van der Waals surface area contributed by atoms with Crippen LogP contribution in [0.1, 0.15) is 22.5 Å². The summed E-state index contributed by atoms with van der Waals surface area (Å²) < 4.78 is 44.3. The minimum Gasteiger partial charge on any atom is -0.495 e. The zero-order valence-corrected chi connectivity index (χ0v) is 22.1. The van der Waals surface area contributed by atoms with Gasteiger partial charge in [-0.15, -0.1) is 0 Å². The molecule has 0 aliphatic carbocycles. The smallest absolute Gasteiger partial charge is 0.246 e. The van der Waals surface area contributed by atoms with Crippen molar-refractivity contribution in [2.24, 2.45) is 0 Å². The van der Waals surface area contributed by atoms with E-state index in [0.29, 0.717) is 43.5 Å². The van der Waals surface area contributed by atoms with Gasteiger partial charge in [-0.3, -0.25) is 9.69 Å². The molecule has 0 unspecified atom stereocenters. The molecule has 0 atom stereocenters. The van der Waals surface area contributed by atoms with Crippen LogP contribution in [-0.4, -0.2) is 50.9 Å². The standard InChI is InChI=1S/C26H29ClN2O6S/c1-18-10-19(2)12-20(11-18)16-35-25-17-34-22(14-23(25)30)15-28-6-8-29(9-7-28)36(31,32)26-13-21(27)4-5-24(26)33-3/h4-5,10-14,17H,6-9,15-16H2,1-3H3. The first-order valence-corrected chi connectivity index (χ1v) is 13.4. The molecule has 0 radical (unpaired) electrons. The number of piperazine rings is 1. The predicted octanol–water partition coefficient (Wildman–Crippen LogP) is 4.00. The quantitative estimate of drug-likeness (QED) is 0.433. The second-order valence-electron chi connectivity index (χ2n) is 8.83. The van der Waals surface area contributed by atoms with Crippen molar-refractivity contribution >= 4 is 21.6 Å². The van der Waals surface area contributed by atoms with Crippen molar-refractivity contribution < 1.29 is 22.3 Å².